The van der Waals surface area contributed by atoms with Crippen LogP contribution in [0.2, 0.25) is 0 Å². The molecule has 0 aliphatic rings. The number of aromatic nitrogens is 2. The smallest absolute Gasteiger partial charge is 0.228 e. The number of aldehydes is 1. The summed E-state index contributed by atoms with van der Waals surface area (Å²) in [5.74, 6) is -1.36. The molecule has 0 saturated carbocycles. The molecule has 3 aromatic rings. The minimum absolute atomic E-state index is 0.00987. The van der Waals surface area contributed by atoms with Gasteiger partial charge in [-0.1, -0.05) is 30.3 Å². The monoisotopic (exact) mass is 328 g/mol. The molecule has 0 aliphatic heterocycles. The van der Waals surface area contributed by atoms with Crippen LogP contribution in [0.25, 0.3) is 5.69 Å². The van der Waals surface area contributed by atoms with Gasteiger partial charge in [-0.05, 0) is 24.6 Å². The summed E-state index contributed by atoms with van der Waals surface area (Å²) in [5, 5.41) is 4.15. The van der Waals surface area contributed by atoms with Crippen molar-refractivity contribution in [2.45, 2.75) is 13.5 Å². The predicted octanol–water partition coefficient (Wildman–Crippen LogP) is 3.85. The molecule has 0 amide bonds. The van der Waals surface area contributed by atoms with Crippen LogP contribution in [0.3, 0.4) is 0 Å². The molecule has 0 bridgehead atoms. The van der Waals surface area contributed by atoms with E-state index in [-0.39, 0.29) is 23.7 Å². The van der Waals surface area contributed by atoms with Crippen molar-refractivity contribution in [2.24, 2.45) is 0 Å². The van der Waals surface area contributed by atoms with Crippen molar-refractivity contribution < 1.29 is 18.3 Å². The van der Waals surface area contributed by atoms with Crippen LogP contribution in [0.5, 0.6) is 5.88 Å². The largest absolute Gasteiger partial charge is 0.472 e. The van der Waals surface area contributed by atoms with Gasteiger partial charge in [-0.25, -0.2) is 8.78 Å². The SMILES string of the molecule is Cc1nn(-c2ccc(F)cc2F)c(OCc2ccccc2)c1C=O. The Hall–Kier alpha value is -3.02. The average Bonchev–Trinajstić information content (AvgIpc) is 2.89. The zero-order chi connectivity index (χ0) is 17.1. The van der Waals surface area contributed by atoms with E-state index in [4.69, 9.17) is 4.74 Å². The summed E-state index contributed by atoms with van der Waals surface area (Å²) >= 11 is 0. The van der Waals surface area contributed by atoms with Gasteiger partial charge in [0.15, 0.2) is 12.1 Å². The van der Waals surface area contributed by atoms with Gasteiger partial charge < -0.3 is 4.74 Å². The van der Waals surface area contributed by atoms with Gasteiger partial charge in [0.05, 0.1) is 11.3 Å². The fourth-order valence-corrected chi connectivity index (χ4v) is 2.33. The van der Waals surface area contributed by atoms with E-state index >= 15 is 0 Å². The maximum absolute atomic E-state index is 14.1. The molecular weight excluding hydrogens is 314 g/mol. The quantitative estimate of drug-likeness (QED) is 0.668. The molecule has 4 nitrogen and oxygen atoms in total. The molecule has 0 spiro atoms. The van der Waals surface area contributed by atoms with Crippen molar-refractivity contribution in [1.82, 2.24) is 9.78 Å². The Balaban J connectivity index is 2.02. The van der Waals surface area contributed by atoms with Crippen molar-refractivity contribution in [3.8, 4) is 11.6 Å². The molecule has 6 heteroatoms. The Labute approximate surface area is 137 Å². The molecule has 0 atom stereocenters. The van der Waals surface area contributed by atoms with E-state index in [1.54, 1.807) is 6.92 Å². The van der Waals surface area contributed by atoms with Crippen LogP contribution in [0.15, 0.2) is 48.5 Å². The second-order valence-electron chi connectivity index (χ2n) is 5.20. The van der Waals surface area contributed by atoms with E-state index in [2.05, 4.69) is 5.10 Å². The number of nitrogens with zero attached hydrogens (tertiary/aromatic N) is 2. The number of carbonyl (C=O) groups excluding carboxylic acids is 1. The molecule has 0 saturated heterocycles. The molecule has 0 aliphatic carbocycles. The van der Waals surface area contributed by atoms with Gasteiger partial charge in [-0.2, -0.15) is 9.78 Å². The topological polar surface area (TPSA) is 44.1 Å². The average molecular weight is 328 g/mol. The first kappa shape index (κ1) is 15.9. The molecule has 1 heterocycles. The van der Waals surface area contributed by atoms with Crippen molar-refractivity contribution >= 4 is 6.29 Å². The fourth-order valence-electron chi connectivity index (χ4n) is 2.33. The lowest BCUT2D eigenvalue weighted by molar-refractivity contribution is 0.111. The van der Waals surface area contributed by atoms with Crippen molar-refractivity contribution in [2.75, 3.05) is 0 Å². The number of ether oxygens (including phenoxy) is 1. The third kappa shape index (κ3) is 3.03. The van der Waals surface area contributed by atoms with Crippen LogP contribution in [0, 0.1) is 18.6 Å². The summed E-state index contributed by atoms with van der Waals surface area (Å²) in [6.45, 7) is 1.81. The maximum atomic E-state index is 14.1. The summed E-state index contributed by atoms with van der Waals surface area (Å²) in [4.78, 5) is 11.4. The van der Waals surface area contributed by atoms with Gasteiger partial charge in [0, 0.05) is 6.07 Å². The highest BCUT2D eigenvalue weighted by atomic mass is 19.1. The van der Waals surface area contributed by atoms with Crippen molar-refractivity contribution in [3.63, 3.8) is 0 Å². The van der Waals surface area contributed by atoms with Gasteiger partial charge in [-0.3, -0.25) is 4.79 Å². The van der Waals surface area contributed by atoms with Crippen molar-refractivity contribution in [1.29, 1.82) is 0 Å². The van der Waals surface area contributed by atoms with Crippen molar-refractivity contribution in [3.05, 3.63) is 77.0 Å². The molecule has 3 rings (SSSR count). The summed E-state index contributed by atoms with van der Waals surface area (Å²) in [6, 6.07) is 12.5. The van der Waals surface area contributed by atoms with Gasteiger partial charge in [0.1, 0.15) is 18.1 Å². The molecule has 1 aromatic heterocycles. The van der Waals surface area contributed by atoms with Gasteiger partial charge >= 0.3 is 0 Å². The Kier molecular flexibility index (Phi) is 4.37. The zero-order valence-electron chi connectivity index (χ0n) is 12.9. The van der Waals surface area contributed by atoms with E-state index in [1.807, 2.05) is 30.3 Å². The Morgan fingerprint density at radius 1 is 1.17 bits per heavy atom. The highest BCUT2D eigenvalue weighted by Gasteiger charge is 2.20. The minimum atomic E-state index is -0.792. The lowest BCUT2D eigenvalue weighted by Crippen LogP contribution is -2.06. The number of halogens is 2. The standard InChI is InChI=1S/C18H14F2N2O2/c1-12-15(10-23)18(24-11-13-5-3-2-4-6-13)22(21-12)17-8-7-14(19)9-16(17)20/h2-10H,11H2,1H3. The third-order valence-electron chi connectivity index (χ3n) is 3.54. The summed E-state index contributed by atoms with van der Waals surface area (Å²) in [6.07, 6.45) is 0.612. The third-order valence-corrected chi connectivity index (χ3v) is 3.54. The van der Waals surface area contributed by atoms with E-state index in [1.165, 1.54) is 10.7 Å². The second-order valence-corrected chi connectivity index (χ2v) is 5.20. The molecule has 2 aromatic carbocycles. The lowest BCUT2D eigenvalue weighted by atomic mass is 10.2. The second kappa shape index (κ2) is 6.62. The number of rotatable bonds is 5. The van der Waals surface area contributed by atoms with Crippen LogP contribution in [-0.4, -0.2) is 16.1 Å². The van der Waals surface area contributed by atoms with Gasteiger partial charge in [0.25, 0.3) is 0 Å². The molecule has 0 unspecified atom stereocenters. The Morgan fingerprint density at radius 2 is 1.92 bits per heavy atom. The molecule has 0 radical (unpaired) electrons. The first-order chi connectivity index (χ1) is 11.6. The molecule has 24 heavy (non-hydrogen) atoms. The minimum Gasteiger partial charge on any atom is -0.472 e. The van der Waals surface area contributed by atoms with Crippen LogP contribution in [-0.2, 0) is 6.61 Å². The Bertz CT molecular complexity index is 876. The van der Waals surface area contributed by atoms with Crippen LogP contribution in [0.4, 0.5) is 8.78 Å². The van der Waals surface area contributed by atoms with E-state index in [0.29, 0.717) is 12.0 Å². The molecule has 0 N–H and O–H groups in total. The number of hydrogen-bond donors (Lipinski definition) is 0. The maximum Gasteiger partial charge on any atom is 0.228 e. The first-order valence-corrected chi connectivity index (χ1v) is 7.27. The van der Waals surface area contributed by atoms with E-state index in [0.717, 1.165) is 17.7 Å². The fraction of sp³-hybridized carbons (Fsp3) is 0.111. The lowest BCUT2D eigenvalue weighted by Gasteiger charge is -2.11. The highest BCUT2D eigenvalue weighted by molar-refractivity contribution is 5.80. The number of hydrogen-bond acceptors (Lipinski definition) is 3. The zero-order valence-corrected chi connectivity index (χ0v) is 12.9. The molecular formula is C18H14F2N2O2. The highest BCUT2D eigenvalue weighted by Crippen LogP contribution is 2.27. The van der Waals surface area contributed by atoms with Crippen LogP contribution >= 0.6 is 0 Å². The van der Waals surface area contributed by atoms with E-state index in [9.17, 15) is 13.6 Å². The molecule has 122 valence electrons. The number of carbonyl (C=O) groups is 1. The van der Waals surface area contributed by atoms with Crippen LogP contribution in [0.1, 0.15) is 21.6 Å². The first-order valence-electron chi connectivity index (χ1n) is 7.27. The summed E-state index contributed by atoms with van der Waals surface area (Å²) in [5.41, 5.74) is 1.53. The van der Waals surface area contributed by atoms with Gasteiger partial charge in [0.2, 0.25) is 5.88 Å². The summed E-state index contributed by atoms with van der Waals surface area (Å²) < 4.78 is 34.1. The van der Waals surface area contributed by atoms with Crippen LogP contribution < -0.4 is 4.74 Å². The predicted molar refractivity (Wildman–Crippen MR) is 84.4 cm³/mol. The van der Waals surface area contributed by atoms with E-state index < -0.39 is 11.6 Å². The summed E-state index contributed by atoms with van der Waals surface area (Å²) in [7, 11) is 0. The molecule has 0 fully saturated rings. The number of benzene rings is 2. The normalized spacial score (nSPS) is 10.6. The Morgan fingerprint density at radius 3 is 2.58 bits per heavy atom. The number of aryl methyl sites for hydroxylation is 1. The van der Waals surface area contributed by atoms with Gasteiger partial charge in [-0.15, -0.1) is 0 Å².